The number of para-hydroxylation sites is 1. The van der Waals surface area contributed by atoms with Crippen molar-refractivity contribution in [1.82, 2.24) is 9.78 Å². The Morgan fingerprint density at radius 1 is 1.31 bits per heavy atom. The van der Waals surface area contributed by atoms with Crippen molar-refractivity contribution in [3.63, 3.8) is 0 Å². The molecular formula is C11H9ClN2OS. The molecule has 3 rings (SSSR count). The highest BCUT2D eigenvalue weighted by molar-refractivity contribution is 7.98. The van der Waals surface area contributed by atoms with Gasteiger partial charge in [0, 0.05) is 11.5 Å². The molecule has 1 aromatic heterocycles. The summed E-state index contributed by atoms with van der Waals surface area (Å²) in [6.07, 6.45) is 0. The molecule has 0 atom stereocenters. The molecule has 0 saturated heterocycles. The van der Waals surface area contributed by atoms with Crippen LogP contribution in [0.15, 0.2) is 29.1 Å². The maximum absolute atomic E-state index is 12.1. The van der Waals surface area contributed by atoms with Gasteiger partial charge in [-0.05, 0) is 12.1 Å². The van der Waals surface area contributed by atoms with E-state index in [1.165, 1.54) is 4.68 Å². The number of nitrogens with zero attached hydrogens (tertiary/aromatic N) is 1. The lowest BCUT2D eigenvalue weighted by molar-refractivity contribution is 0.832. The Hall–Kier alpha value is -1.13. The number of thioether (sulfide) groups is 1. The van der Waals surface area contributed by atoms with Gasteiger partial charge in [0.05, 0.1) is 22.0 Å². The number of fused-ring (bicyclic) bond motifs is 1. The monoisotopic (exact) mass is 252 g/mol. The van der Waals surface area contributed by atoms with E-state index in [1.54, 1.807) is 17.8 Å². The Kier molecular flexibility index (Phi) is 2.33. The molecule has 0 radical (unpaired) electrons. The minimum atomic E-state index is 0.0214. The van der Waals surface area contributed by atoms with Gasteiger partial charge < -0.3 is 0 Å². The van der Waals surface area contributed by atoms with E-state index in [0.717, 1.165) is 22.8 Å². The lowest BCUT2D eigenvalue weighted by Crippen LogP contribution is -2.17. The minimum Gasteiger partial charge on any atom is -0.294 e. The molecule has 1 aliphatic heterocycles. The molecule has 1 N–H and O–H groups in total. The molecule has 0 unspecified atom stereocenters. The molecule has 2 aromatic rings. The van der Waals surface area contributed by atoms with Crippen LogP contribution in [0.2, 0.25) is 5.02 Å². The van der Waals surface area contributed by atoms with Gasteiger partial charge in [-0.3, -0.25) is 9.89 Å². The summed E-state index contributed by atoms with van der Waals surface area (Å²) in [7, 11) is 0. The lowest BCUT2D eigenvalue weighted by Gasteiger charge is -2.04. The van der Waals surface area contributed by atoms with Crippen LogP contribution in [0.4, 0.5) is 0 Å². The highest BCUT2D eigenvalue weighted by Crippen LogP contribution is 2.27. The van der Waals surface area contributed by atoms with Gasteiger partial charge in [0.2, 0.25) is 0 Å². The Bertz CT molecular complexity index is 602. The summed E-state index contributed by atoms with van der Waals surface area (Å²) in [5.74, 6) is 1.67. The number of hydrogen-bond acceptors (Lipinski definition) is 2. The number of H-pyrrole nitrogens is 1. The Labute approximate surface area is 101 Å². The van der Waals surface area contributed by atoms with Gasteiger partial charge in [0.1, 0.15) is 0 Å². The third kappa shape index (κ3) is 1.41. The van der Waals surface area contributed by atoms with Gasteiger partial charge in [-0.1, -0.05) is 23.7 Å². The van der Waals surface area contributed by atoms with Gasteiger partial charge in [-0.25, -0.2) is 4.68 Å². The molecule has 5 heteroatoms. The smallest absolute Gasteiger partial charge is 0.275 e. The van der Waals surface area contributed by atoms with Crippen LogP contribution in [-0.4, -0.2) is 9.78 Å². The average Bonchev–Trinajstić information content (AvgIpc) is 2.83. The van der Waals surface area contributed by atoms with Crippen molar-refractivity contribution in [2.45, 2.75) is 11.5 Å². The van der Waals surface area contributed by atoms with Gasteiger partial charge in [0.15, 0.2) is 0 Å². The molecule has 0 saturated carbocycles. The molecule has 0 bridgehead atoms. The van der Waals surface area contributed by atoms with Crippen LogP contribution in [0.1, 0.15) is 11.3 Å². The average molecular weight is 253 g/mol. The van der Waals surface area contributed by atoms with Crippen LogP contribution < -0.4 is 5.56 Å². The Morgan fingerprint density at radius 3 is 2.88 bits per heavy atom. The number of nitrogens with one attached hydrogen (secondary N) is 1. The predicted molar refractivity (Wildman–Crippen MR) is 66.4 cm³/mol. The fourth-order valence-electron chi connectivity index (χ4n) is 1.84. The second-order valence-corrected chi connectivity index (χ2v) is 5.05. The van der Waals surface area contributed by atoms with Crippen molar-refractivity contribution in [3.8, 4) is 5.69 Å². The molecule has 2 heterocycles. The van der Waals surface area contributed by atoms with Crippen LogP contribution in [0.3, 0.4) is 0 Å². The SMILES string of the molecule is O=c1c2c([nH]n1-c1ccccc1Cl)CSC2. The zero-order valence-electron chi connectivity index (χ0n) is 8.37. The maximum Gasteiger partial charge on any atom is 0.275 e. The first-order valence-corrected chi connectivity index (χ1v) is 6.46. The van der Waals surface area contributed by atoms with E-state index in [1.807, 2.05) is 18.2 Å². The zero-order valence-corrected chi connectivity index (χ0v) is 9.94. The number of aromatic amines is 1. The van der Waals surface area contributed by atoms with Crippen LogP contribution >= 0.6 is 23.4 Å². The first-order valence-electron chi connectivity index (χ1n) is 4.93. The van der Waals surface area contributed by atoms with Gasteiger partial charge in [0.25, 0.3) is 5.56 Å². The fraction of sp³-hybridized carbons (Fsp3) is 0.182. The summed E-state index contributed by atoms with van der Waals surface area (Å²) in [6, 6.07) is 7.34. The summed E-state index contributed by atoms with van der Waals surface area (Å²) in [5, 5.41) is 3.70. The minimum absolute atomic E-state index is 0.0214. The second kappa shape index (κ2) is 3.71. The van der Waals surface area contributed by atoms with E-state index in [4.69, 9.17) is 11.6 Å². The molecule has 0 amide bonds. The fourth-order valence-corrected chi connectivity index (χ4v) is 3.11. The van der Waals surface area contributed by atoms with E-state index in [9.17, 15) is 4.79 Å². The Morgan fingerprint density at radius 2 is 2.12 bits per heavy atom. The van der Waals surface area contributed by atoms with E-state index in [0.29, 0.717) is 10.7 Å². The molecule has 3 nitrogen and oxygen atoms in total. The third-order valence-electron chi connectivity index (χ3n) is 2.66. The quantitative estimate of drug-likeness (QED) is 0.847. The topological polar surface area (TPSA) is 37.8 Å². The number of halogens is 1. The van der Waals surface area contributed by atoms with Crippen LogP contribution in [0.25, 0.3) is 5.69 Å². The van der Waals surface area contributed by atoms with Crippen LogP contribution in [0, 0.1) is 0 Å². The highest BCUT2D eigenvalue weighted by Gasteiger charge is 2.20. The summed E-state index contributed by atoms with van der Waals surface area (Å²) in [5.41, 5.74) is 2.64. The van der Waals surface area contributed by atoms with Crippen LogP contribution in [-0.2, 0) is 11.5 Å². The zero-order chi connectivity index (χ0) is 11.1. The van der Waals surface area contributed by atoms with Gasteiger partial charge >= 0.3 is 0 Å². The van der Waals surface area contributed by atoms with Crippen molar-refractivity contribution in [2.24, 2.45) is 0 Å². The third-order valence-corrected chi connectivity index (χ3v) is 3.96. The number of rotatable bonds is 1. The predicted octanol–water partition coefficient (Wildman–Crippen LogP) is 2.57. The van der Waals surface area contributed by atoms with E-state index < -0.39 is 0 Å². The van der Waals surface area contributed by atoms with E-state index >= 15 is 0 Å². The summed E-state index contributed by atoms with van der Waals surface area (Å²) < 4.78 is 1.53. The van der Waals surface area contributed by atoms with Crippen molar-refractivity contribution in [3.05, 3.63) is 50.9 Å². The highest BCUT2D eigenvalue weighted by atomic mass is 35.5. The molecule has 16 heavy (non-hydrogen) atoms. The van der Waals surface area contributed by atoms with Crippen molar-refractivity contribution < 1.29 is 0 Å². The normalized spacial score (nSPS) is 14.1. The number of benzene rings is 1. The molecule has 0 aliphatic carbocycles. The first-order chi connectivity index (χ1) is 7.77. The molecule has 0 fully saturated rings. The van der Waals surface area contributed by atoms with Crippen molar-refractivity contribution in [1.29, 1.82) is 0 Å². The van der Waals surface area contributed by atoms with Crippen molar-refractivity contribution >= 4 is 23.4 Å². The summed E-state index contributed by atoms with van der Waals surface area (Å²) >= 11 is 7.82. The molecule has 1 aromatic carbocycles. The first kappa shape index (κ1) is 10.1. The maximum atomic E-state index is 12.1. The molecule has 0 spiro atoms. The molecule has 82 valence electrons. The molecule has 1 aliphatic rings. The van der Waals surface area contributed by atoms with E-state index in [-0.39, 0.29) is 5.56 Å². The Balaban J connectivity index is 2.22. The summed E-state index contributed by atoms with van der Waals surface area (Å²) in [6.45, 7) is 0. The summed E-state index contributed by atoms with van der Waals surface area (Å²) in [4.78, 5) is 12.1. The molecular weight excluding hydrogens is 244 g/mol. The second-order valence-electron chi connectivity index (χ2n) is 3.65. The standard InChI is InChI=1S/C11H9ClN2OS/c12-8-3-1-2-4-10(8)14-11(15)7-5-16-6-9(7)13-14/h1-4,13H,5-6H2. The largest absolute Gasteiger partial charge is 0.294 e. The van der Waals surface area contributed by atoms with Gasteiger partial charge in [-0.2, -0.15) is 11.8 Å². The van der Waals surface area contributed by atoms with Gasteiger partial charge in [-0.15, -0.1) is 0 Å². The lowest BCUT2D eigenvalue weighted by atomic mass is 10.3. The van der Waals surface area contributed by atoms with Crippen molar-refractivity contribution in [2.75, 3.05) is 0 Å². The van der Waals surface area contributed by atoms with Crippen LogP contribution in [0.5, 0.6) is 0 Å². The number of hydrogen-bond donors (Lipinski definition) is 1. The number of aromatic nitrogens is 2. The van der Waals surface area contributed by atoms with E-state index in [2.05, 4.69) is 5.10 Å².